The van der Waals surface area contributed by atoms with Gasteiger partial charge in [-0.3, -0.25) is 4.79 Å². The van der Waals surface area contributed by atoms with Gasteiger partial charge in [0.1, 0.15) is 0 Å². The maximum atomic E-state index is 12.6. The van der Waals surface area contributed by atoms with Crippen LogP contribution in [0.15, 0.2) is 4.52 Å². The molecule has 3 amide bonds. The average Bonchev–Trinajstić information content (AvgIpc) is 3.11. The number of rotatable bonds is 5. The summed E-state index contributed by atoms with van der Waals surface area (Å²) in [4.78, 5) is 33.5. The second-order valence-corrected chi connectivity index (χ2v) is 8.79. The summed E-state index contributed by atoms with van der Waals surface area (Å²) in [6.07, 6.45) is 2.95. The molecule has 2 atom stereocenters. The molecule has 148 valence electrons. The van der Waals surface area contributed by atoms with Crippen molar-refractivity contribution in [2.75, 3.05) is 32.7 Å². The molecule has 1 aromatic heterocycles. The van der Waals surface area contributed by atoms with Crippen LogP contribution in [0.4, 0.5) is 4.79 Å². The molecular weight excluding hydrogens is 346 g/mol. The van der Waals surface area contributed by atoms with E-state index < -0.39 is 5.41 Å². The van der Waals surface area contributed by atoms with Crippen LogP contribution in [0.2, 0.25) is 0 Å². The summed E-state index contributed by atoms with van der Waals surface area (Å²) < 4.78 is 5.54. The lowest BCUT2D eigenvalue weighted by Gasteiger charge is -2.26. The molecule has 1 saturated carbocycles. The van der Waals surface area contributed by atoms with Crippen LogP contribution < -0.4 is 5.32 Å². The van der Waals surface area contributed by atoms with E-state index in [1.54, 1.807) is 6.92 Å². The van der Waals surface area contributed by atoms with Gasteiger partial charge in [0.15, 0.2) is 5.82 Å². The molecule has 27 heavy (non-hydrogen) atoms. The number of hydrogen-bond acceptors (Lipinski definition) is 5. The van der Waals surface area contributed by atoms with E-state index >= 15 is 0 Å². The number of hydrogen-bond donors (Lipinski definition) is 1. The molecule has 2 saturated heterocycles. The average molecular weight is 375 g/mol. The van der Waals surface area contributed by atoms with Gasteiger partial charge in [0, 0.05) is 44.6 Å². The fourth-order valence-corrected chi connectivity index (χ4v) is 4.36. The lowest BCUT2D eigenvalue weighted by molar-refractivity contribution is -0.131. The van der Waals surface area contributed by atoms with Crippen molar-refractivity contribution in [3.63, 3.8) is 0 Å². The van der Waals surface area contributed by atoms with E-state index in [2.05, 4.69) is 29.3 Å². The maximum Gasteiger partial charge on any atom is 0.317 e. The quantitative estimate of drug-likeness (QED) is 0.843. The monoisotopic (exact) mass is 375 g/mol. The van der Waals surface area contributed by atoms with Crippen LogP contribution in [0.5, 0.6) is 0 Å². The van der Waals surface area contributed by atoms with Crippen molar-refractivity contribution in [3.05, 3.63) is 11.7 Å². The van der Waals surface area contributed by atoms with E-state index in [1.807, 2.05) is 9.80 Å². The number of fused-ring (bicyclic) bond motifs is 1. The Hall–Kier alpha value is -2.12. The van der Waals surface area contributed by atoms with Gasteiger partial charge in [-0.25, -0.2) is 4.79 Å². The highest BCUT2D eigenvalue weighted by atomic mass is 16.5. The first-order valence-electron chi connectivity index (χ1n) is 10.0. The van der Waals surface area contributed by atoms with Crippen molar-refractivity contribution in [1.82, 2.24) is 25.3 Å². The first-order valence-corrected chi connectivity index (χ1v) is 10.0. The van der Waals surface area contributed by atoms with Crippen molar-refractivity contribution < 1.29 is 14.1 Å². The maximum absolute atomic E-state index is 12.6. The van der Waals surface area contributed by atoms with E-state index in [0.29, 0.717) is 50.4 Å². The molecule has 1 aliphatic carbocycles. The molecule has 0 spiro atoms. The fraction of sp³-hybridized carbons (Fsp3) is 0.789. The number of carbonyl (C=O) groups excluding carboxylic acids is 2. The van der Waals surface area contributed by atoms with Crippen LogP contribution in [-0.2, 0) is 10.2 Å². The van der Waals surface area contributed by atoms with Crippen LogP contribution in [0.25, 0.3) is 0 Å². The summed E-state index contributed by atoms with van der Waals surface area (Å²) in [7, 11) is 0. The van der Waals surface area contributed by atoms with Crippen molar-refractivity contribution in [1.29, 1.82) is 0 Å². The van der Waals surface area contributed by atoms with Gasteiger partial charge < -0.3 is 19.6 Å². The third kappa shape index (κ3) is 3.41. The Bertz CT molecular complexity index is 729. The fourth-order valence-electron chi connectivity index (χ4n) is 4.36. The molecule has 0 bridgehead atoms. The van der Waals surface area contributed by atoms with E-state index in [-0.39, 0.29) is 23.8 Å². The summed E-state index contributed by atoms with van der Waals surface area (Å²) in [5.74, 6) is 2.28. The third-order valence-corrected chi connectivity index (χ3v) is 6.09. The molecule has 0 radical (unpaired) electrons. The Morgan fingerprint density at radius 3 is 2.59 bits per heavy atom. The number of nitrogens with one attached hydrogen (secondary N) is 1. The summed E-state index contributed by atoms with van der Waals surface area (Å²) in [5.41, 5.74) is -0.443. The van der Waals surface area contributed by atoms with Gasteiger partial charge >= 0.3 is 6.03 Å². The molecule has 3 heterocycles. The SMILES string of the molecule is Cc1noc([C@]23CN(C(=O)NCCC(C)C)C[C@H]2CN(C(=O)C2CC2)C3)n1. The van der Waals surface area contributed by atoms with E-state index in [9.17, 15) is 9.59 Å². The normalized spacial score (nSPS) is 27.3. The first-order chi connectivity index (χ1) is 12.9. The van der Waals surface area contributed by atoms with Crippen LogP contribution >= 0.6 is 0 Å². The second kappa shape index (κ2) is 6.80. The number of aromatic nitrogens is 2. The number of amides is 3. The Morgan fingerprint density at radius 2 is 1.96 bits per heavy atom. The minimum absolute atomic E-state index is 0.0410. The van der Waals surface area contributed by atoms with Gasteiger partial charge in [-0.1, -0.05) is 19.0 Å². The molecular formula is C19H29N5O3. The van der Waals surface area contributed by atoms with Crippen LogP contribution in [-0.4, -0.2) is 64.6 Å². The predicted octanol–water partition coefficient (Wildman–Crippen LogP) is 1.56. The van der Waals surface area contributed by atoms with Gasteiger partial charge in [0.25, 0.3) is 0 Å². The van der Waals surface area contributed by atoms with Crippen molar-refractivity contribution >= 4 is 11.9 Å². The number of likely N-dealkylation sites (tertiary alicyclic amines) is 2. The minimum Gasteiger partial charge on any atom is -0.341 e. The Labute approximate surface area is 159 Å². The van der Waals surface area contributed by atoms with E-state index in [1.165, 1.54) is 0 Å². The van der Waals surface area contributed by atoms with Crippen molar-refractivity contribution in [2.45, 2.75) is 45.4 Å². The summed E-state index contributed by atoms with van der Waals surface area (Å²) in [5, 5.41) is 6.99. The van der Waals surface area contributed by atoms with Crippen LogP contribution in [0.3, 0.4) is 0 Å². The molecule has 3 fully saturated rings. The zero-order chi connectivity index (χ0) is 19.2. The minimum atomic E-state index is -0.443. The zero-order valence-electron chi connectivity index (χ0n) is 16.4. The topological polar surface area (TPSA) is 91.6 Å². The Balaban J connectivity index is 1.50. The Kier molecular flexibility index (Phi) is 4.60. The van der Waals surface area contributed by atoms with Gasteiger partial charge in [-0.15, -0.1) is 0 Å². The highest BCUT2D eigenvalue weighted by Gasteiger charge is 2.59. The Morgan fingerprint density at radius 1 is 1.26 bits per heavy atom. The molecule has 0 aromatic carbocycles. The van der Waals surface area contributed by atoms with E-state index in [0.717, 1.165) is 19.3 Å². The summed E-state index contributed by atoms with van der Waals surface area (Å²) in [6.45, 7) is 9.11. The largest absolute Gasteiger partial charge is 0.341 e. The van der Waals surface area contributed by atoms with Crippen molar-refractivity contribution in [3.8, 4) is 0 Å². The van der Waals surface area contributed by atoms with E-state index in [4.69, 9.17) is 4.52 Å². The molecule has 1 aromatic rings. The number of aryl methyl sites for hydroxylation is 1. The highest BCUT2D eigenvalue weighted by molar-refractivity contribution is 5.82. The summed E-state index contributed by atoms with van der Waals surface area (Å²) >= 11 is 0. The van der Waals surface area contributed by atoms with Crippen LogP contribution in [0.1, 0.15) is 44.8 Å². The molecule has 3 aliphatic rings. The van der Waals surface area contributed by atoms with Gasteiger partial charge in [-0.05, 0) is 32.1 Å². The standard InChI is InChI=1S/C19H29N5O3/c1-12(2)6-7-20-18(26)24-9-15-8-23(16(25)14-4-5-14)10-19(15,11-24)17-21-13(3)22-27-17/h12,14-15H,4-11H2,1-3H3,(H,20,26)/t15-,19-/m1/s1. The molecule has 8 nitrogen and oxygen atoms in total. The molecule has 1 N–H and O–H groups in total. The first kappa shape index (κ1) is 18.3. The highest BCUT2D eigenvalue weighted by Crippen LogP contribution is 2.45. The number of urea groups is 1. The second-order valence-electron chi connectivity index (χ2n) is 8.79. The van der Waals surface area contributed by atoms with Gasteiger partial charge in [-0.2, -0.15) is 4.98 Å². The molecule has 8 heteroatoms. The number of nitrogens with zero attached hydrogens (tertiary/aromatic N) is 4. The predicted molar refractivity (Wildman–Crippen MR) is 97.9 cm³/mol. The van der Waals surface area contributed by atoms with Gasteiger partial charge in [0.2, 0.25) is 11.8 Å². The van der Waals surface area contributed by atoms with Gasteiger partial charge in [0.05, 0.1) is 5.41 Å². The molecule has 0 unspecified atom stereocenters. The number of carbonyl (C=O) groups is 2. The zero-order valence-corrected chi connectivity index (χ0v) is 16.4. The van der Waals surface area contributed by atoms with Crippen molar-refractivity contribution in [2.24, 2.45) is 17.8 Å². The summed E-state index contributed by atoms with van der Waals surface area (Å²) in [6, 6.07) is -0.0410. The smallest absolute Gasteiger partial charge is 0.317 e. The lowest BCUT2D eigenvalue weighted by Crippen LogP contribution is -2.44. The lowest BCUT2D eigenvalue weighted by atomic mass is 9.81. The van der Waals surface area contributed by atoms with Crippen LogP contribution in [0, 0.1) is 24.7 Å². The molecule has 2 aliphatic heterocycles. The molecule has 4 rings (SSSR count). The third-order valence-electron chi connectivity index (χ3n) is 6.09.